The smallest absolute Gasteiger partial charge is 0.0566 e. The second kappa shape index (κ2) is 5.28. The Morgan fingerprint density at radius 3 is 2.60 bits per heavy atom. The van der Waals surface area contributed by atoms with E-state index >= 15 is 0 Å². The van der Waals surface area contributed by atoms with Crippen LogP contribution in [-0.2, 0) is 0 Å². The molecule has 0 rings (SSSR count). The molecule has 0 aliphatic heterocycles. The first kappa shape index (κ1) is 9.48. The summed E-state index contributed by atoms with van der Waals surface area (Å²) in [5, 5.41) is 9.28. The van der Waals surface area contributed by atoms with Crippen LogP contribution < -0.4 is 0 Å². The van der Waals surface area contributed by atoms with Crippen LogP contribution >= 0.6 is 0 Å². The lowest BCUT2D eigenvalue weighted by Gasteiger charge is -2.11. The molecule has 1 nitrogen and oxygen atoms in total. The Morgan fingerprint density at radius 2 is 2.20 bits per heavy atom. The molecule has 1 atom stereocenters. The van der Waals surface area contributed by atoms with E-state index in [4.69, 9.17) is 0 Å². The summed E-state index contributed by atoms with van der Waals surface area (Å²) in [6, 6.07) is 0. The van der Waals surface area contributed by atoms with Crippen LogP contribution in [0.3, 0.4) is 0 Å². The van der Waals surface area contributed by atoms with Gasteiger partial charge in [0.05, 0.1) is 6.10 Å². The van der Waals surface area contributed by atoms with Gasteiger partial charge in [0.1, 0.15) is 0 Å². The highest BCUT2D eigenvalue weighted by Crippen LogP contribution is 2.07. The summed E-state index contributed by atoms with van der Waals surface area (Å²) < 4.78 is 0. The van der Waals surface area contributed by atoms with Gasteiger partial charge in [-0.2, -0.15) is 0 Å². The van der Waals surface area contributed by atoms with Crippen LogP contribution in [0.1, 0.15) is 26.7 Å². The van der Waals surface area contributed by atoms with Crippen LogP contribution in [0, 0.1) is 5.92 Å². The topological polar surface area (TPSA) is 20.2 Å². The quantitative estimate of drug-likeness (QED) is 0.593. The second-order valence-electron chi connectivity index (χ2n) is 2.80. The first-order valence-electron chi connectivity index (χ1n) is 3.70. The fourth-order valence-corrected chi connectivity index (χ4v) is 0.689. The SMILES string of the molecule is C=C=CCCC(O)C(C)C. The van der Waals surface area contributed by atoms with Gasteiger partial charge in [0.15, 0.2) is 0 Å². The van der Waals surface area contributed by atoms with Crippen molar-refractivity contribution >= 4 is 0 Å². The predicted molar refractivity (Wildman–Crippen MR) is 43.8 cm³/mol. The van der Waals surface area contributed by atoms with Crippen molar-refractivity contribution in [1.29, 1.82) is 0 Å². The number of aliphatic hydroxyl groups is 1. The summed E-state index contributed by atoms with van der Waals surface area (Å²) in [5.41, 5.74) is 2.68. The van der Waals surface area contributed by atoms with E-state index in [1.54, 1.807) is 0 Å². The van der Waals surface area contributed by atoms with Gasteiger partial charge in [0.2, 0.25) is 0 Å². The van der Waals surface area contributed by atoms with Crippen LogP contribution in [0.5, 0.6) is 0 Å². The minimum atomic E-state index is -0.176. The van der Waals surface area contributed by atoms with Crippen molar-refractivity contribution in [2.24, 2.45) is 5.92 Å². The summed E-state index contributed by atoms with van der Waals surface area (Å²) >= 11 is 0. The lowest BCUT2D eigenvalue weighted by molar-refractivity contribution is 0.117. The van der Waals surface area contributed by atoms with E-state index in [9.17, 15) is 5.11 Å². The fourth-order valence-electron chi connectivity index (χ4n) is 0.689. The minimum Gasteiger partial charge on any atom is -0.393 e. The Bertz CT molecular complexity index is 121. The summed E-state index contributed by atoms with van der Waals surface area (Å²) in [5.74, 6) is 0.359. The summed E-state index contributed by atoms with van der Waals surface area (Å²) in [7, 11) is 0. The molecule has 1 heteroatoms. The normalized spacial score (nSPS) is 12.8. The number of rotatable bonds is 4. The van der Waals surface area contributed by atoms with Crippen molar-refractivity contribution in [3.63, 3.8) is 0 Å². The average Bonchev–Trinajstić information content (AvgIpc) is 1.88. The van der Waals surface area contributed by atoms with Crippen molar-refractivity contribution in [1.82, 2.24) is 0 Å². The maximum absolute atomic E-state index is 9.28. The van der Waals surface area contributed by atoms with E-state index < -0.39 is 0 Å². The molecule has 0 radical (unpaired) electrons. The molecule has 0 aliphatic rings. The molecule has 0 saturated carbocycles. The Kier molecular flexibility index (Phi) is 5.00. The van der Waals surface area contributed by atoms with Gasteiger partial charge in [-0.05, 0) is 24.8 Å². The van der Waals surface area contributed by atoms with E-state index in [0.29, 0.717) is 5.92 Å². The zero-order chi connectivity index (χ0) is 7.98. The maximum atomic E-state index is 9.28. The van der Waals surface area contributed by atoms with Gasteiger partial charge >= 0.3 is 0 Å². The van der Waals surface area contributed by atoms with Crippen molar-refractivity contribution in [2.75, 3.05) is 0 Å². The molecule has 1 unspecified atom stereocenters. The van der Waals surface area contributed by atoms with E-state index in [1.807, 2.05) is 19.9 Å². The molecule has 0 fully saturated rings. The van der Waals surface area contributed by atoms with Gasteiger partial charge in [-0.3, -0.25) is 0 Å². The summed E-state index contributed by atoms with van der Waals surface area (Å²) in [4.78, 5) is 0. The molecule has 0 heterocycles. The largest absolute Gasteiger partial charge is 0.393 e. The Labute approximate surface area is 63.1 Å². The third-order valence-electron chi connectivity index (χ3n) is 1.52. The molecule has 10 heavy (non-hydrogen) atoms. The van der Waals surface area contributed by atoms with Gasteiger partial charge in [-0.15, -0.1) is 5.73 Å². The van der Waals surface area contributed by atoms with E-state index in [2.05, 4.69) is 12.3 Å². The van der Waals surface area contributed by atoms with Crippen molar-refractivity contribution in [3.05, 3.63) is 18.4 Å². The summed E-state index contributed by atoms with van der Waals surface area (Å²) in [6.07, 6.45) is 3.37. The van der Waals surface area contributed by atoms with Crippen LogP contribution in [-0.4, -0.2) is 11.2 Å². The number of aliphatic hydroxyl groups excluding tert-OH is 1. The fraction of sp³-hybridized carbons (Fsp3) is 0.667. The highest BCUT2D eigenvalue weighted by molar-refractivity contribution is 4.77. The molecule has 58 valence electrons. The first-order chi connectivity index (χ1) is 4.68. The highest BCUT2D eigenvalue weighted by atomic mass is 16.3. The van der Waals surface area contributed by atoms with Gasteiger partial charge in [-0.25, -0.2) is 0 Å². The minimum absolute atomic E-state index is 0.176. The van der Waals surface area contributed by atoms with E-state index in [-0.39, 0.29) is 6.10 Å². The lowest BCUT2D eigenvalue weighted by atomic mass is 10.0. The van der Waals surface area contributed by atoms with Gasteiger partial charge in [0.25, 0.3) is 0 Å². The molecule has 0 aromatic heterocycles. The Hall–Kier alpha value is -0.520. The average molecular weight is 140 g/mol. The van der Waals surface area contributed by atoms with Crippen LogP contribution in [0.25, 0.3) is 0 Å². The molecule has 0 amide bonds. The van der Waals surface area contributed by atoms with Gasteiger partial charge < -0.3 is 5.11 Å². The molecular weight excluding hydrogens is 124 g/mol. The molecule has 0 aromatic rings. The number of hydrogen-bond donors (Lipinski definition) is 1. The lowest BCUT2D eigenvalue weighted by Crippen LogP contribution is -2.13. The Morgan fingerprint density at radius 1 is 1.60 bits per heavy atom. The first-order valence-corrected chi connectivity index (χ1v) is 3.70. The van der Waals surface area contributed by atoms with Crippen molar-refractivity contribution in [3.8, 4) is 0 Å². The summed E-state index contributed by atoms with van der Waals surface area (Å²) in [6.45, 7) is 7.47. The van der Waals surface area contributed by atoms with Crippen LogP contribution in [0.15, 0.2) is 18.4 Å². The van der Waals surface area contributed by atoms with E-state index in [1.165, 1.54) is 0 Å². The zero-order valence-corrected chi connectivity index (χ0v) is 6.80. The molecule has 0 saturated heterocycles. The Balaban J connectivity index is 3.39. The monoisotopic (exact) mass is 140 g/mol. The molecule has 1 N–H and O–H groups in total. The van der Waals surface area contributed by atoms with Gasteiger partial charge in [0, 0.05) is 0 Å². The zero-order valence-electron chi connectivity index (χ0n) is 6.80. The number of allylic oxidation sites excluding steroid dienone is 1. The van der Waals surface area contributed by atoms with Crippen LogP contribution in [0.4, 0.5) is 0 Å². The second-order valence-corrected chi connectivity index (χ2v) is 2.80. The molecule has 0 aliphatic carbocycles. The molecule has 0 bridgehead atoms. The highest BCUT2D eigenvalue weighted by Gasteiger charge is 2.06. The van der Waals surface area contributed by atoms with Crippen molar-refractivity contribution < 1.29 is 5.11 Å². The molecule has 0 spiro atoms. The number of hydrogen-bond acceptors (Lipinski definition) is 1. The molecule has 0 aromatic carbocycles. The van der Waals surface area contributed by atoms with Crippen molar-refractivity contribution in [2.45, 2.75) is 32.8 Å². The van der Waals surface area contributed by atoms with Crippen LogP contribution in [0.2, 0.25) is 0 Å². The predicted octanol–water partition coefficient (Wildman–Crippen LogP) is 2.12. The molecular formula is C9H16O. The maximum Gasteiger partial charge on any atom is 0.0566 e. The third kappa shape index (κ3) is 4.37. The van der Waals surface area contributed by atoms with Gasteiger partial charge in [-0.1, -0.05) is 20.4 Å². The standard InChI is InChI=1S/C9H16O/c1-4-5-6-7-9(10)8(2)3/h5,8-10H,1,6-7H2,2-3H3. The van der Waals surface area contributed by atoms with E-state index in [0.717, 1.165) is 12.8 Å². The third-order valence-corrected chi connectivity index (χ3v) is 1.52.